The molecule has 0 aliphatic carbocycles. The summed E-state index contributed by atoms with van der Waals surface area (Å²) in [5, 5.41) is 15.7. The summed E-state index contributed by atoms with van der Waals surface area (Å²) < 4.78 is 5.59. The number of benzene rings is 1. The molecule has 1 rings (SSSR count). The van der Waals surface area contributed by atoms with Gasteiger partial charge >= 0.3 is 6.03 Å². The molecule has 0 spiro atoms. The Morgan fingerprint density at radius 3 is 2.50 bits per heavy atom. The van der Waals surface area contributed by atoms with Crippen molar-refractivity contribution in [3.63, 3.8) is 0 Å². The van der Waals surface area contributed by atoms with Crippen LogP contribution in [-0.4, -0.2) is 29.9 Å². The number of hydrogen-bond acceptors (Lipinski definition) is 3. The molecule has 0 unspecified atom stereocenters. The predicted octanol–water partition coefficient (Wildman–Crippen LogP) is 2.74. The zero-order valence-corrected chi connectivity index (χ0v) is 14.0. The lowest BCUT2D eigenvalue weighted by Gasteiger charge is -2.25. The van der Waals surface area contributed by atoms with Crippen LogP contribution in [0.2, 0.25) is 0 Å². The summed E-state index contributed by atoms with van der Waals surface area (Å²) in [5.74, 6) is 0.793. The molecule has 0 aliphatic heterocycles. The number of carbonyl (C=O) groups excluding carboxylic acids is 1. The molecule has 0 atom stereocenters. The summed E-state index contributed by atoms with van der Waals surface area (Å²) >= 11 is 0. The van der Waals surface area contributed by atoms with Crippen molar-refractivity contribution in [1.29, 1.82) is 0 Å². The molecule has 22 heavy (non-hydrogen) atoms. The standard InChI is InChI=1S/C17H28N2O3/c1-5-17(21,6-2)12-19-16(20)18-11-14-9-8-13(4)10-15(14)22-7-3/h8-10,21H,5-7,11-12H2,1-4H3,(H2,18,19,20). The second kappa shape index (κ2) is 8.63. The maximum Gasteiger partial charge on any atom is 0.315 e. The van der Waals surface area contributed by atoms with Gasteiger partial charge < -0.3 is 20.5 Å². The molecule has 1 aromatic carbocycles. The fraction of sp³-hybridized carbons (Fsp3) is 0.588. The molecule has 1 aromatic rings. The highest BCUT2D eigenvalue weighted by atomic mass is 16.5. The predicted molar refractivity (Wildman–Crippen MR) is 88.1 cm³/mol. The number of aryl methyl sites for hydroxylation is 1. The average molecular weight is 308 g/mol. The minimum Gasteiger partial charge on any atom is -0.494 e. The van der Waals surface area contributed by atoms with Crippen molar-refractivity contribution in [2.45, 2.75) is 52.7 Å². The van der Waals surface area contributed by atoms with Crippen LogP contribution in [0.5, 0.6) is 5.75 Å². The van der Waals surface area contributed by atoms with E-state index < -0.39 is 5.60 Å². The lowest BCUT2D eigenvalue weighted by Crippen LogP contribution is -2.45. The van der Waals surface area contributed by atoms with Gasteiger partial charge in [-0.05, 0) is 38.3 Å². The van der Waals surface area contributed by atoms with Crippen LogP contribution in [0, 0.1) is 6.92 Å². The topological polar surface area (TPSA) is 70.6 Å². The van der Waals surface area contributed by atoms with Crippen LogP contribution in [0.4, 0.5) is 4.79 Å². The van der Waals surface area contributed by atoms with E-state index in [1.54, 1.807) is 0 Å². The van der Waals surface area contributed by atoms with E-state index in [1.807, 2.05) is 45.9 Å². The average Bonchev–Trinajstić information content (AvgIpc) is 2.52. The molecule has 2 amide bonds. The second-order valence-electron chi connectivity index (χ2n) is 5.51. The van der Waals surface area contributed by atoms with E-state index in [1.165, 1.54) is 0 Å². The molecule has 0 saturated carbocycles. The highest BCUT2D eigenvalue weighted by Gasteiger charge is 2.22. The van der Waals surface area contributed by atoms with Crippen LogP contribution in [0.3, 0.4) is 0 Å². The molecule has 0 radical (unpaired) electrons. The summed E-state index contributed by atoms with van der Waals surface area (Å²) in [5.41, 5.74) is 1.22. The van der Waals surface area contributed by atoms with E-state index in [0.717, 1.165) is 16.9 Å². The van der Waals surface area contributed by atoms with Gasteiger partial charge in [-0.25, -0.2) is 4.79 Å². The van der Waals surface area contributed by atoms with Gasteiger partial charge in [0, 0.05) is 18.7 Å². The molecule has 0 bridgehead atoms. The Balaban J connectivity index is 2.54. The highest BCUT2D eigenvalue weighted by molar-refractivity contribution is 5.74. The van der Waals surface area contributed by atoms with Crippen molar-refractivity contribution in [1.82, 2.24) is 10.6 Å². The first kappa shape index (κ1) is 18.3. The lowest BCUT2D eigenvalue weighted by atomic mass is 9.98. The SMILES string of the molecule is CCOc1cc(C)ccc1CNC(=O)NCC(O)(CC)CC. The van der Waals surface area contributed by atoms with Gasteiger partial charge in [-0.3, -0.25) is 0 Å². The third kappa shape index (κ3) is 5.56. The zero-order valence-electron chi connectivity index (χ0n) is 14.0. The van der Waals surface area contributed by atoms with Crippen molar-refractivity contribution < 1.29 is 14.6 Å². The van der Waals surface area contributed by atoms with Gasteiger partial charge in [0.1, 0.15) is 5.75 Å². The number of urea groups is 1. The summed E-state index contributed by atoms with van der Waals surface area (Å²) in [6.45, 7) is 8.97. The minimum atomic E-state index is -0.836. The maximum absolute atomic E-state index is 11.9. The van der Waals surface area contributed by atoms with Gasteiger partial charge in [-0.15, -0.1) is 0 Å². The fourth-order valence-electron chi connectivity index (χ4n) is 2.08. The normalized spacial score (nSPS) is 11.1. The molecule has 5 nitrogen and oxygen atoms in total. The van der Waals surface area contributed by atoms with Crippen molar-refractivity contribution in [2.24, 2.45) is 0 Å². The molecule has 0 heterocycles. The third-order valence-corrected chi connectivity index (χ3v) is 3.86. The molecular formula is C17H28N2O3. The fourth-order valence-corrected chi connectivity index (χ4v) is 2.08. The van der Waals surface area contributed by atoms with Crippen molar-refractivity contribution in [2.75, 3.05) is 13.2 Å². The van der Waals surface area contributed by atoms with E-state index in [-0.39, 0.29) is 12.6 Å². The van der Waals surface area contributed by atoms with Crippen LogP contribution < -0.4 is 15.4 Å². The van der Waals surface area contributed by atoms with E-state index >= 15 is 0 Å². The maximum atomic E-state index is 11.9. The summed E-state index contributed by atoms with van der Waals surface area (Å²) in [6.07, 6.45) is 1.21. The number of hydrogen-bond donors (Lipinski definition) is 3. The number of carbonyl (C=O) groups is 1. The van der Waals surface area contributed by atoms with Crippen LogP contribution in [-0.2, 0) is 6.54 Å². The van der Waals surface area contributed by atoms with Crippen molar-refractivity contribution in [3.05, 3.63) is 29.3 Å². The van der Waals surface area contributed by atoms with Crippen LogP contribution in [0.25, 0.3) is 0 Å². The van der Waals surface area contributed by atoms with Crippen molar-refractivity contribution in [3.8, 4) is 5.75 Å². The number of aliphatic hydroxyl groups is 1. The van der Waals surface area contributed by atoms with E-state index in [4.69, 9.17) is 4.74 Å². The van der Waals surface area contributed by atoms with E-state index in [9.17, 15) is 9.90 Å². The molecule has 5 heteroatoms. The summed E-state index contributed by atoms with van der Waals surface area (Å²) in [4.78, 5) is 11.9. The first-order valence-corrected chi connectivity index (χ1v) is 7.90. The van der Waals surface area contributed by atoms with Crippen LogP contribution >= 0.6 is 0 Å². The molecule has 0 aliphatic rings. The quantitative estimate of drug-likeness (QED) is 0.691. The van der Waals surface area contributed by atoms with Crippen LogP contribution in [0.15, 0.2) is 18.2 Å². The summed E-state index contributed by atoms with van der Waals surface area (Å²) in [6, 6.07) is 5.62. The number of ether oxygens (including phenoxy) is 1. The van der Waals surface area contributed by atoms with Gasteiger partial charge in [-0.2, -0.15) is 0 Å². The smallest absolute Gasteiger partial charge is 0.315 e. The monoisotopic (exact) mass is 308 g/mol. The molecule has 124 valence electrons. The molecule has 0 fully saturated rings. The Morgan fingerprint density at radius 1 is 1.23 bits per heavy atom. The molecular weight excluding hydrogens is 280 g/mol. The number of rotatable bonds is 8. The largest absolute Gasteiger partial charge is 0.494 e. The number of nitrogens with one attached hydrogen (secondary N) is 2. The van der Waals surface area contributed by atoms with Gasteiger partial charge in [0.15, 0.2) is 0 Å². The first-order valence-electron chi connectivity index (χ1n) is 7.90. The van der Waals surface area contributed by atoms with Crippen LogP contribution in [0.1, 0.15) is 44.7 Å². The van der Waals surface area contributed by atoms with E-state index in [2.05, 4.69) is 10.6 Å². The van der Waals surface area contributed by atoms with Crippen molar-refractivity contribution >= 4 is 6.03 Å². The highest BCUT2D eigenvalue weighted by Crippen LogP contribution is 2.20. The minimum absolute atomic E-state index is 0.248. The van der Waals surface area contributed by atoms with E-state index in [0.29, 0.717) is 26.0 Å². The first-order chi connectivity index (χ1) is 10.4. The Labute approximate surface area is 133 Å². The third-order valence-electron chi connectivity index (χ3n) is 3.86. The molecule has 0 aromatic heterocycles. The second-order valence-corrected chi connectivity index (χ2v) is 5.51. The Bertz CT molecular complexity index is 485. The number of amides is 2. The Kier molecular flexibility index (Phi) is 7.18. The van der Waals surface area contributed by atoms with Gasteiger partial charge in [0.25, 0.3) is 0 Å². The summed E-state index contributed by atoms with van der Waals surface area (Å²) in [7, 11) is 0. The molecule has 0 saturated heterocycles. The Morgan fingerprint density at radius 2 is 1.91 bits per heavy atom. The van der Waals surface area contributed by atoms with Gasteiger partial charge in [-0.1, -0.05) is 26.0 Å². The van der Waals surface area contributed by atoms with Gasteiger partial charge in [0.2, 0.25) is 0 Å². The molecule has 3 N–H and O–H groups in total. The zero-order chi connectivity index (χ0) is 16.6. The van der Waals surface area contributed by atoms with Gasteiger partial charge in [0.05, 0.1) is 12.2 Å². The Hall–Kier alpha value is -1.75. The lowest BCUT2D eigenvalue weighted by molar-refractivity contribution is 0.0349.